The van der Waals surface area contributed by atoms with Crippen LogP contribution in [0.25, 0.3) is 0 Å². The van der Waals surface area contributed by atoms with Gasteiger partial charge in [-0.05, 0) is 51.2 Å². The molecule has 0 unspecified atom stereocenters. The molecule has 1 amide bonds. The van der Waals surface area contributed by atoms with E-state index in [1.807, 2.05) is 0 Å². The van der Waals surface area contributed by atoms with Crippen LogP contribution in [0.3, 0.4) is 0 Å². The molecule has 0 heterocycles. The minimum atomic E-state index is 0.257. The quantitative estimate of drug-likeness (QED) is 0.141. The van der Waals surface area contributed by atoms with E-state index in [1.165, 1.54) is 116 Å². The van der Waals surface area contributed by atoms with Gasteiger partial charge in [0.15, 0.2) is 0 Å². The van der Waals surface area contributed by atoms with E-state index >= 15 is 0 Å². The van der Waals surface area contributed by atoms with Crippen LogP contribution in [0.1, 0.15) is 150 Å². The highest BCUT2D eigenvalue weighted by Crippen LogP contribution is 2.14. The maximum Gasteiger partial charge on any atom is 0.219 e. The summed E-state index contributed by atoms with van der Waals surface area (Å²) in [6.07, 6.45) is 24.6. The zero-order valence-electron chi connectivity index (χ0n) is 22.7. The molecule has 3 nitrogen and oxygen atoms in total. The first kappa shape index (κ1) is 31.4. The number of nitrogens with zero attached hydrogens (tertiary/aromatic N) is 1. The molecule has 0 aliphatic carbocycles. The van der Waals surface area contributed by atoms with Crippen molar-refractivity contribution in [2.45, 2.75) is 150 Å². The summed E-state index contributed by atoms with van der Waals surface area (Å²) in [7, 11) is 0. The first-order valence-corrected chi connectivity index (χ1v) is 14.6. The SMILES string of the molecule is CCCCN(CCCC)CCCNC(=O)CCCCCCCCCCCCCCC(C)C. The summed E-state index contributed by atoms with van der Waals surface area (Å²) in [5.74, 6) is 1.13. The Labute approximate surface area is 202 Å². The van der Waals surface area contributed by atoms with E-state index in [4.69, 9.17) is 0 Å². The predicted octanol–water partition coefficient (Wildman–Crippen LogP) is 8.51. The predicted molar refractivity (Wildman–Crippen MR) is 143 cm³/mol. The largest absolute Gasteiger partial charge is 0.356 e. The second-order valence-corrected chi connectivity index (χ2v) is 10.4. The summed E-state index contributed by atoms with van der Waals surface area (Å²) >= 11 is 0. The van der Waals surface area contributed by atoms with Crippen LogP contribution in [0.5, 0.6) is 0 Å². The molecule has 0 aliphatic rings. The lowest BCUT2D eigenvalue weighted by atomic mass is 10.0. The van der Waals surface area contributed by atoms with Gasteiger partial charge in [0.25, 0.3) is 0 Å². The number of hydrogen-bond acceptors (Lipinski definition) is 2. The van der Waals surface area contributed by atoms with Gasteiger partial charge in [-0.2, -0.15) is 0 Å². The Morgan fingerprint density at radius 1 is 0.625 bits per heavy atom. The average Bonchev–Trinajstić information content (AvgIpc) is 2.77. The van der Waals surface area contributed by atoms with Crippen LogP contribution in [0.4, 0.5) is 0 Å². The van der Waals surface area contributed by atoms with Crippen molar-refractivity contribution in [2.24, 2.45) is 5.92 Å². The standard InChI is InChI=1S/C29H60N2O/c1-5-7-25-31(26-8-6-2)27-21-24-30-29(32)23-20-18-16-14-12-10-9-11-13-15-17-19-22-28(3)4/h28H,5-27H2,1-4H3,(H,30,32). The van der Waals surface area contributed by atoms with E-state index in [0.717, 1.165) is 31.8 Å². The third kappa shape index (κ3) is 24.1. The van der Waals surface area contributed by atoms with Gasteiger partial charge in [-0.3, -0.25) is 4.79 Å². The summed E-state index contributed by atoms with van der Waals surface area (Å²) < 4.78 is 0. The highest BCUT2D eigenvalue weighted by Gasteiger charge is 2.05. The fraction of sp³-hybridized carbons (Fsp3) is 0.966. The third-order valence-electron chi connectivity index (χ3n) is 6.56. The normalized spacial score (nSPS) is 11.6. The lowest BCUT2D eigenvalue weighted by molar-refractivity contribution is -0.121. The zero-order chi connectivity index (χ0) is 23.7. The maximum atomic E-state index is 12.0. The molecule has 0 aromatic rings. The molecule has 1 N–H and O–H groups in total. The first-order chi connectivity index (χ1) is 15.6. The van der Waals surface area contributed by atoms with E-state index < -0.39 is 0 Å². The second-order valence-electron chi connectivity index (χ2n) is 10.4. The van der Waals surface area contributed by atoms with E-state index in [-0.39, 0.29) is 5.91 Å². The van der Waals surface area contributed by atoms with Crippen molar-refractivity contribution in [1.82, 2.24) is 10.2 Å². The molecule has 0 aromatic carbocycles. The molecule has 0 saturated heterocycles. The fourth-order valence-corrected chi connectivity index (χ4v) is 4.32. The van der Waals surface area contributed by atoms with Gasteiger partial charge in [0, 0.05) is 13.0 Å². The molecule has 0 spiro atoms. The average molecular weight is 453 g/mol. The molecule has 3 heteroatoms. The summed E-state index contributed by atoms with van der Waals surface area (Å²) in [4.78, 5) is 14.6. The van der Waals surface area contributed by atoms with Crippen molar-refractivity contribution >= 4 is 5.91 Å². The van der Waals surface area contributed by atoms with Gasteiger partial charge in [-0.15, -0.1) is 0 Å². The van der Waals surface area contributed by atoms with Crippen molar-refractivity contribution < 1.29 is 4.79 Å². The number of nitrogens with one attached hydrogen (secondary N) is 1. The minimum absolute atomic E-state index is 0.257. The van der Waals surface area contributed by atoms with Crippen molar-refractivity contribution in [3.8, 4) is 0 Å². The molecular formula is C29H60N2O. The molecule has 0 aliphatic heterocycles. The highest BCUT2D eigenvalue weighted by atomic mass is 16.1. The topological polar surface area (TPSA) is 32.3 Å². The first-order valence-electron chi connectivity index (χ1n) is 14.6. The molecule has 32 heavy (non-hydrogen) atoms. The molecule has 0 atom stereocenters. The van der Waals surface area contributed by atoms with Gasteiger partial charge < -0.3 is 10.2 Å². The highest BCUT2D eigenvalue weighted by molar-refractivity contribution is 5.75. The Morgan fingerprint density at radius 3 is 1.53 bits per heavy atom. The number of carbonyl (C=O) groups excluding carboxylic acids is 1. The number of hydrogen-bond donors (Lipinski definition) is 1. The van der Waals surface area contributed by atoms with E-state index in [2.05, 4.69) is 37.9 Å². The lowest BCUT2D eigenvalue weighted by Crippen LogP contribution is -2.31. The van der Waals surface area contributed by atoms with E-state index in [1.54, 1.807) is 0 Å². The van der Waals surface area contributed by atoms with Gasteiger partial charge in [0.2, 0.25) is 5.91 Å². The molecule has 0 rings (SSSR count). The third-order valence-corrected chi connectivity index (χ3v) is 6.56. The van der Waals surface area contributed by atoms with Crippen molar-refractivity contribution in [3.63, 3.8) is 0 Å². The van der Waals surface area contributed by atoms with Crippen LogP contribution in [-0.4, -0.2) is 37.0 Å². The van der Waals surface area contributed by atoms with Crippen LogP contribution in [0.15, 0.2) is 0 Å². The Hall–Kier alpha value is -0.570. The molecule has 0 saturated carbocycles. The molecule has 0 bridgehead atoms. The smallest absolute Gasteiger partial charge is 0.219 e. The van der Waals surface area contributed by atoms with Gasteiger partial charge in [0.1, 0.15) is 0 Å². The Bertz CT molecular complexity index is 375. The summed E-state index contributed by atoms with van der Waals surface area (Å²) in [6.45, 7) is 13.6. The number of unbranched alkanes of at least 4 members (excludes halogenated alkanes) is 13. The second kappa shape index (κ2) is 25.1. The zero-order valence-corrected chi connectivity index (χ0v) is 22.7. The molecule has 0 radical (unpaired) electrons. The van der Waals surface area contributed by atoms with Crippen molar-refractivity contribution in [2.75, 3.05) is 26.2 Å². The molecule has 192 valence electrons. The maximum absolute atomic E-state index is 12.0. The van der Waals surface area contributed by atoms with Gasteiger partial charge in [-0.1, -0.05) is 118 Å². The Morgan fingerprint density at radius 2 is 1.06 bits per heavy atom. The van der Waals surface area contributed by atoms with Gasteiger partial charge in [0.05, 0.1) is 0 Å². The van der Waals surface area contributed by atoms with Crippen LogP contribution in [0.2, 0.25) is 0 Å². The van der Waals surface area contributed by atoms with Crippen LogP contribution in [0, 0.1) is 5.92 Å². The number of carbonyl (C=O) groups is 1. The summed E-state index contributed by atoms with van der Waals surface area (Å²) in [5.41, 5.74) is 0. The Balaban J connectivity index is 3.38. The van der Waals surface area contributed by atoms with Crippen LogP contribution in [-0.2, 0) is 4.79 Å². The molecule has 0 aromatic heterocycles. The minimum Gasteiger partial charge on any atom is -0.356 e. The Kier molecular flexibility index (Phi) is 24.6. The van der Waals surface area contributed by atoms with E-state index in [9.17, 15) is 4.79 Å². The van der Waals surface area contributed by atoms with Gasteiger partial charge >= 0.3 is 0 Å². The fourth-order valence-electron chi connectivity index (χ4n) is 4.32. The lowest BCUT2D eigenvalue weighted by Gasteiger charge is -2.21. The van der Waals surface area contributed by atoms with Crippen molar-refractivity contribution in [1.29, 1.82) is 0 Å². The molecular weight excluding hydrogens is 392 g/mol. The molecule has 0 fully saturated rings. The van der Waals surface area contributed by atoms with Crippen molar-refractivity contribution in [3.05, 3.63) is 0 Å². The van der Waals surface area contributed by atoms with Crippen LogP contribution >= 0.6 is 0 Å². The number of amides is 1. The van der Waals surface area contributed by atoms with Crippen LogP contribution < -0.4 is 5.32 Å². The van der Waals surface area contributed by atoms with E-state index in [0.29, 0.717) is 6.42 Å². The summed E-state index contributed by atoms with van der Waals surface area (Å²) in [6, 6.07) is 0. The van der Waals surface area contributed by atoms with Gasteiger partial charge in [-0.25, -0.2) is 0 Å². The monoisotopic (exact) mass is 452 g/mol. The summed E-state index contributed by atoms with van der Waals surface area (Å²) in [5, 5.41) is 3.13. The number of rotatable bonds is 25.